The van der Waals surface area contributed by atoms with Crippen LogP contribution < -0.4 is 10.2 Å². The molecule has 37 heavy (non-hydrogen) atoms. The lowest BCUT2D eigenvalue weighted by Crippen LogP contribution is -2.29. The molecule has 2 aromatic heterocycles. The number of carbonyl (C=O) groups is 1. The second kappa shape index (κ2) is 9.34. The second-order valence-corrected chi connectivity index (χ2v) is 9.28. The summed E-state index contributed by atoms with van der Waals surface area (Å²) in [6, 6.07) is 10.3. The quantitative estimate of drug-likeness (QED) is 0.349. The number of nitrogens with zero attached hydrogens (tertiary/aromatic N) is 5. The summed E-state index contributed by atoms with van der Waals surface area (Å²) in [5.74, 6) is -0.0354. The molecule has 0 fully saturated rings. The maximum Gasteiger partial charge on any atom is 0.416 e. The summed E-state index contributed by atoms with van der Waals surface area (Å²) in [7, 11) is 0. The largest absolute Gasteiger partial charge is 0.416 e. The van der Waals surface area contributed by atoms with E-state index < -0.39 is 17.6 Å². The average Bonchev–Trinajstić information content (AvgIpc) is 3.52. The summed E-state index contributed by atoms with van der Waals surface area (Å²) in [6.45, 7) is 6.44. The molecule has 7 nitrogen and oxygen atoms in total. The molecular weight excluding hydrogens is 481 g/mol. The molecular formula is C27H25F3N6O. The summed E-state index contributed by atoms with van der Waals surface area (Å²) >= 11 is 0. The molecule has 1 N–H and O–H groups in total. The first-order valence-corrected chi connectivity index (χ1v) is 11.9. The van der Waals surface area contributed by atoms with Crippen LogP contribution in [0.2, 0.25) is 0 Å². The van der Waals surface area contributed by atoms with Crippen LogP contribution in [-0.4, -0.2) is 32.2 Å². The number of anilines is 3. The molecule has 0 saturated carbocycles. The number of halogens is 3. The Bertz CT molecular complexity index is 1480. The fraction of sp³-hybridized carbons (Fsp3) is 0.259. The highest BCUT2D eigenvalue weighted by Gasteiger charge is 2.32. The van der Waals surface area contributed by atoms with Crippen LogP contribution in [0.1, 0.15) is 46.9 Å². The second-order valence-electron chi connectivity index (χ2n) is 9.28. The number of benzene rings is 2. The number of hydrogen-bond donors (Lipinski definition) is 1. The molecule has 0 saturated heterocycles. The summed E-state index contributed by atoms with van der Waals surface area (Å²) in [5, 5.41) is 7.62. The molecule has 0 unspecified atom stereocenters. The van der Waals surface area contributed by atoms with Crippen molar-refractivity contribution < 1.29 is 18.0 Å². The van der Waals surface area contributed by atoms with E-state index in [2.05, 4.69) is 34.2 Å². The molecule has 190 valence electrons. The molecule has 1 aliphatic heterocycles. The molecule has 0 atom stereocenters. The van der Waals surface area contributed by atoms with E-state index in [4.69, 9.17) is 0 Å². The van der Waals surface area contributed by atoms with Gasteiger partial charge in [0.15, 0.2) is 0 Å². The fourth-order valence-electron chi connectivity index (χ4n) is 4.34. The first-order chi connectivity index (χ1) is 17.6. The average molecular weight is 507 g/mol. The van der Waals surface area contributed by atoms with Crippen LogP contribution in [0.3, 0.4) is 0 Å². The summed E-state index contributed by atoms with van der Waals surface area (Å²) in [4.78, 5) is 23.6. The van der Waals surface area contributed by atoms with Crippen molar-refractivity contribution >= 4 is 23.2 Å². The minimum absolute atomic E-state index is 0.00579. The Hall–Kier alpha value is -4.21. The van der Waals surface area contributed by atoms with Crippen molar-refractivity contribution in [1.29, 1.82) is 0 Å². The number of nitrogens with one attached hydrogen (secondary N) is 1. The molecule has 1 amide bonds. The molecule has 3 heterocycles. The van der Waals surface area contributed by atoms with E-state index in [1.54, 1.807) is 24.5 Å². The van der Waals surface area contributed by atoms with Crippen LogP contribution in [0.5, 0.6) is 0 Å². The van der Waals surface area contributed by atoms with Crippen LogP contribution in [0, 0.1) is 6.92 Å². The fourth-order valence-corrected chi connectivity index (χ4v) is 4.34. The number of fused-ring (bicyclic) bond motifs is 1. The highest BCUT2D eigenvalue weighted by molar-refractivity contribution is 6.07. The van der Waals surface area contributed by atoms with Crippen LogP contribution >= 0.6 is 0 Å². The van der Waals surface area contributed by atoms with Crippen LogP contribution in [0.15, 0.2) is 61.1 Å². The van der Waals surface area contributed by atoms with Crippen LogP contribution in [0.4, 0.5) is 30.5 Å². The maximum atomic E-state index is 13.1. The van der Waals surface area contributed by atoms with E-state index in [1.807, 2.05) is 23.9 Å². The Labute approximate surface area is 212 Å². The standard InChI is InChI=1S/C27H25F3N6O/c1-16(2)36-15-20(14-32-36)24-17(3)13-31-26(34-24)33-22-7-8-23-18(12-22)9-10-35(23)25(37)19-5-4-6-21(11-19)27(28,29)30/h4-8,11-16H,9-10H2,1-3H3,(H,31,33,34). The predicted octanol–water partition coefficient (Wildman–Crippen LogP) is 6.19. The molecule has 5 rings (SSSR count). The molecule has 0 radical (unpaired) electrons. The number of rotatable bonds is 5. The van der Waals surface area contributed by atoms with Gasteiger partial charge in [0.2, 0.25) is 5.95 Å². The number of aromatic nitrogens is 4. The molecule has 2 aromatic carbocycles. The molecule has 4 aromatic rings. The van der Waals surface area contributed by atoms with Gasteiger partial charge in [-0.2, -0.15) is 18.3 Å². The SMILES string of the molecule is Cc1cnc(Nc2ccc3c(c2)CCN3C(=O)c2cccc(C(F)(F)F)c2)nc1-c1cnn(C(C)C)c1. The normalized spacial score (nSPS) is 13.2. The summed E-state index contributed by atoms with van der Waals surface area (Å²) in [5.41, 5.74) is 4.11. The molecule has 0 bridgehead atoms. The van der Waals surface area contributed by atoms with Gasteiger partial charge in [-0.05, 0) is 74.7 Å². The lowest BCUT2D eigenvalue weighted by Gasteiger charge is -2.18. The zero-order chi connectivity index (χ0) is 26.3. The zero-order valence-corrected chi connectivity index (χ0v) is 20.5. The van der Waals surface area contributed by atoms with Gasteiger partial charge >= 0.3 is 6.18 Å². The Balaban J connectivity index is 1.36. The van der Waals surface area contributed by atoms with Crippen molar-refractivity contribution in [3.63, 3.8) is 0 Å². The third kappa shape index (κ3) is 4.91. The molecule has 0 aliphatic carbocycles. The summed E-state index contributed by atoms with van der Waals surface area (Å²) in [6.07, 6.45) is 1.57. The van der Waals surface area contributed by atoms with Crippen LogP contribution in [-0.2, 0) is 12.6 Å². The first kappa shape index (κ1) is 24.5. The third-order valence-electron chi connectivity index (χ3n) is 6.29. The number of hydrogen-bond acceptors (Lipinski definition) is 5. The van der Waals surface area contributed by atoms with Gasteiger partial charge in [-0.1, -0.05) is 6.07 Å². The Morgan fingerprint density at radius 3 is 2.65 bits per heavy atom. The van der Waals surface area contributed by atoms with Gasteiger partial charge in [-0.25, -0.2) is 9.97 Å². The van der Waals surface area contributed by atoms with Crippen LogP contribution in [0.25, 0.3) is 11.3 Å². The number of alkyl halides is 3. The number of amides is 1. The van der Waals surface area contributed by atoms with Gasteiger partial charge in [0, 0.05) is 47.5 Å². The number of carbonyl (C=O) groups excluding carboxylic acids is 1. The monoisotopic (exact) mass is 506 g/mol. The third-order valence-corrected chi connectivity index (χ3v) is 6.29. The highest BCUT2D eigenvalue weighted by atomic mass is 19.4. The first-order valence-electron chi connectivity index (χ1n) is 11.9. The summed E-state index contributed by atoms with van der Waals surface area (Å²) < 4.78 is 41.2. The number of aryl methyl sites for hydroxylation is 1. The van der Waals surface area contributed by atoms with Gasteiger partial charge in [-0.3, -0.25) is 9.48 Å². The van der Waals surface area contributed by atoms with E-state index >= 15 is 0 Å². The molecule has 10 heteroatoms. The van der Waals surface area contributed by atoms with Crippen molar-refractivity contribution in [3.8, 4) is 11.3 Å². The lowest BCUT2D eigenvalue weighted by atomic mass is 10.1. The van der Waals surface area contributed by atoms with E-state index in [9.17, 15) is 18.0 Å². The highest BCUT2D eigenvalue weighted by Crippen LogP contribution is 2.34. The maximum absolute atomic E-state index is 13.1. The van der Waals surface area contributed by atoms with Crippen molar-refractivity contribution in [2.45, 2.75) is 39.4 Å². The molecule has 1 aliphatic rings. The van der Waals surface area contributed by atoms with Crippen molar-refractivity contribution in [2.24, 2.45) is 0 Å². The topological polar surface area (TPSA) is 75.9 Å². The minimum atomic E-state index is -4.51. The predicted molar refractivity (Wildman–Crippen MR) is 135 cm³/mol. The minimum Gasteiger partial charge on any atom is -0.324 e. The van der Waals surface area contributed by atoms with Gasteiger partial charge in [0.1, 0.15) is 0 Å². The Morgan fingerprint density at radius 2 is 1.92 bits per heavy atom. The van der Waals surface area contributed by atoms with E-state index in [0.29, 0.717) is 24.6 Å². The van der Waals surface area contributed by atoms with Crippen molar-refractivity contribution in [1.82, 2.24) is 19.7 Å². The lowest BCUT2D eigenvalue weighted by molar-refractivity contribution is -0.137. The van der Waals surface area contributed by atoms with Crippen molar-refractivity contribution in [3.05, 3.63) is 83.3 Å². The van der Waals surface area contributed by atoms with Crippen molar-refractivity contribution in [2.75, 3.05) is 16.8 Å². The van der Waals surface area contributed by atoms with Gasteiger partial charge in [0.25, 0.3) is 5.91 Å². The van der Waals surface area contributed by atoms with E-state index in [0.717, 1.165) is 40.2 Å². The molecule has 0 spiro atoms. The smallest absolute Gasteiger partial charge is 0.324 e. The van der Waals surface area contributed by atoms with Gasteiger partial charge in [-0.15, -0.1) is 0 Å². The van der Waals surface area contributed by atoms with E-state index in [1.165, 1.54) is 17.0 Å². The Morgan fingerprint density at radius 1 is 1.11 bits per heavy atom. The zero-order valence-electron chi connectivity index (χ0n) is 20.5. The van der Waals surface area contributed by atoms with Gasteiger partial charge < -0.3 is 10.2 Å². The van der Waals surface area contributed by atoms with E-state index in [-0.39, 0.29) is 11.6 Å². The Kier molecular flexibility index (Phi) is 6.18. The van der Waals surface area contributed by atoms with Gasteiger partial charge in [0.05, 0.1) is 17.5 Å².